The molecule has 22 heavy (non-hydrogen) atoms. The van der Waals surface area contributed by atoms with Gasteiger partial charge in [0.2, 0.25) is 0 Å². The lowest BCUT2D eigenvalue weighted by Crippen LogP contribution is -2.20. The van der Waals surface area contributed by atoms with Crippen LogP contribution in [0.5, 0.6) is 0 Å². The molecule has 0 saturated heterocycles. The topological polar surface area (TPSA) is 48.7 Å². The second-order valence-corrected chi connectivity index (χ2v) is 6.29. The largest absolute Gasteiger partial charge is 0.418 e. The predicted molar refractivity (Wildman–Crippen MR) is 79.4 cm³/mol. The first-order valence-corrected chi connectivity index (χ1v) is 6.77. The van der Waals surface area contributed by atoms with Crippen LogP contribution in [-0.2, 0) is 6.18 Å². The van der Waals surface area contributed by atoms with Gasteiger partial charge >= 0.3 is 6.18 Å². The number of pyridine rings is 1. The molecule has 0 bridgehead atoms. The third kappa shape index (κ3) is 3.48. The van der Waals surface area contributed by atoms with Crippen molar-refractivity contribution in [2.24, 2.45) is 5.41 Å². The summed E-state index contributed by atoms with van der Waals surface area (Å²) in [4.78, 5) is 4.06. The highest BCUT2D eigenvalue weighted by Crippen LogP contribution is 2.35. The molecule has 1 heterocycles. The molecule has 0 amide bonds. The van der Waals surface area contributed by atoms with Gasteiger partial charge in [0.15, 0.2) is 0 Å². The first-order valence-electron chi connectivity index (χ1n) is 6.77. The fourth-order valence-corrected chi connectivity index (χ4v) is 2.00. The lowest BCUT2D eigenvalue weighted by atomic mass is 9.97. The van der Waals surface area contributed by atoms with E-state index in [2.05, 4.69) is 10.3 Å². The molecule has 3 nitrogen and oxygen atoms in total. The van der Waals surface area contributed by atoms with E-state index < -0.39 is 11.7 Å². The Morgan fingerprint density at radius 3 is 2.45 bits per heavy atom. The number of nitriles is 1. The van der Waals surface area contributed by atoms with Crippen molar-refractivity contribution >= 4 is 16.7 Å². The van der Waals surface area contributed by atoms with E-state index in [1.54, 1.807) is 0 Å². The van der Waals surface area contributed by atoms with Crippen molar-refractivity contribution < 1.29 is 13.2 Å². The second-order valence-electron chi connectivity index (χ2n) is 6.29. The highest BCUT2D eigenvalue weighted by Gasteiger charge is 2.33. The zero-order chi connectivity index (χ0) is 16.5. The number of alkyl halides is 3. The summed E-state index contributed by atoms with van der Waals surface area (Å²) in [5, 5.41) is 12.5. The Labute approximate surface area is 126 Å². The van der Waals surface area contributed by atoms with E-state index in [4.69, 9.17) is 0 Å². The number of hydrogen-bond donors (Lipinski definition) is 1. The molecular formula is C16H16F3N3. The molecule has 0 aliphatic carbocycles. The van der Waals surface area contributed by atoms with Crippen molar-refractivity contribution in [3.8, 4) is 6.07 Å². The molecule has 116 valence electrons. The predicted octanol–water partition coefficient (Wildman–Crippen LogP) is 4.58. The normalized spacial score (nSPS) is 12.2. The number of hydrogen-bond acceptors (Lipinski definition) is 3. The van der Waals surface area contributed by atoms with Gasteiger partial charge in [0.05, 0.1) is 16.6 Å². The first kappa shape index (κ1) is 16.1. The minimum atomic E-state index is -4.48. The van der Waals surface area contributed by atoms with E-state index in [0.29, 0.717) is 11.9 Å². The number of aromatic nitrogens is 1. The number of halogens is 3. The molecule has 0 atom stereocenters. The van der Waals surface area contributed by atoms with Gasteiger partial charge in [-0.1, -0.05) is 32.9 Å². The Morgan fingerprint density at radius 1 is 1.23 bits per heavy atom. The summed E-state index contributed by atoms with van der Waals surface area (Å²) in [5.74, 6) is 0.182. The fourth-order valence-electron chi connectivity index (χ4n) is 2.00. The third-order valence-corrected chi connectivity index (χ3v) is 3.06. The minimum Gasteiger partial charge on any atom is -0.368 e. The maximum atomic E-state index is 13.1. The van der Waals surface area contributed by atoms with Gasteiger partial charge < -0.3 is 5.32 Å². The van der Waals surface area contributed by atoms with E-state index >= 15 is 0 Å². The Hall–Kier alpha value is -2.29. The monoisotopic (exact) mass is 307 g/mol. The fraction of sp³-hybridized carbons (Fsp3) is 0.375. The molecule has 0 saturated carbocycles. The van der Waals surface area contributed by atoms with Crippen LogP contribution in [0.25, 0.3) is 10.9 Å². The maximum absolute atomic E-state index is 13.1. The van der Waals surface area contributed by atoms with Gasteiger partial charge in [-0.15, -0.1) is 0 Å². The Kier molecular flexibility index (Phi) is 4.01. The molecule has 1 aromatic carbocycles. The number of anilines is 1. The minimum absolute atomic E-state index is 0.0904. The third-order valence-electron chi connectivity index (χ3n) is 3.06. The molecule has 2 rings (SSSR count). The molecule has 0 fully saturated rings. The molecule has 2 aromatic rings. The zero-order valence-corrected chi connectivity index (χ0v) is 12.5. The highest BCUT2D eigenvalue weighted by atomic mass is 19.4. The number of benzene rings is 1. The van der Waals surface area contributed by atoms with Crippen LogP contribution in [0.4, 0.5) is 19.0 Å². The lowest BCUT2D eigenvalue weighted by molar-refractivity contribution is -0.136. The van der Waals surface area contributed by atoms with Gasteiger partial charge in [-0.05, 0) is 17.5 Å². The van der Waals surface area contributed by atoms with Crippen LogP contribution in [-0.4, -0.2) is 11.5 Å². The van der Waals surface area contributed by atoms with Crippen LogP contribution >= 0.6 is 0 Å². The van der Waals surface area contributed by atoms with Crippen LogP contribution in [0, 0.1) is 16.7 Å². The van der Waals surface area contributed by atoms with Crippen LogP contribution in [0.2, 0.25) is 0 Å². The smallest absolute Gasteiger partial charge is 0.368 e. The summed E-state index contributed by atoms with van der Waals surface area (Å²) < 4.78 is 39.2. The Bertz CT molecular complexity index is 737. The zero-order valence-electron chi connectivity index (χ0n) is 12.5. The van der Waals surface area contributed by atoms with E-state index in [-0.39, 0.29) is 22.3 Å². The van der Waals surface area contributed by atoms with Gasteiger partial charge in [-0.25, -0.2) is 4.98 Å². The summed E-state index contributed by atoms with van der Waals surface area (Å²) in [6.45, 7) is 6.44. The number of para-hydroxylation sites is 1. The molecule has 0 unspecified atom stereocenters. The van der Waals surface area contributed by atoms with Gasteiger partial charge in [0.25, 0.3) is 0 Å². The molecule has 1 aromatic heterocycles. The summed E-state index contributed by atoms with van der Waals surface area (Å²) in [5.41, 5.74) is -0.804. The van der Waals surface area contributed by atoms with E-state index in [0.717, 1.165) is 6.07 Å². The van der Waals surface area contributed by atoms with Gasteiger partial charge in [-0.2, -0.15) is 18.4 Å². The Balaban J connectivity index is 2.59. The van der Waals surface area contributed by atoms with E-state index in [1.165, 1.54) is 18.2 Å². The average molecular weight is 307 g/mol. The second kappa shape index (κ2) is 5.48. The van der Waals surface area contributed by atoms with Crippen LogP contribution < -0.4 is 5.32 Å². The molecule has 0 aliphatic heterocycles. The van der Waals surface area contributed by atoms with E-state index in [1.807, 2.05) is 26.8 Å². The van der Waals surface area contributed by atoms with Crippen molar-refractivity contribution in [3.63, 3.8) is 0 Å². The number of fused-ring (bicyclic) bond motifs is 1. The van der Waals surface area contributed by atoms with Crippen molar-refractivity contribution in [1.29, 1.82) is 5.26 Å². The van der Waals surface area contributed by atoms with Crippen LogP contribution in [0.3, 0.4) is 0 Å². The lowest BCUT2D eigenvalue weighted by Gasteiger charge is -2.20. The van der Waals surface area contributed by atoms with Crippen molar-refractivity contribution in [2.45, 2.75) is 26.9 Å². The van der Waals surface area contributed by atoms with Crippen molar-refractivity contribution in [1.82, 2.24) is 4.98 Å². The van der Waals surface area contributed by atoms with Crippen molar-refractivity contribution in [3.05, 3.63) is 35.4 Å². The SMILES string of the molecule is CC(C)(C)CNc1nc2c(C(F)(F)F)cccc2cc1C#N. The van der Waals surface area contributed by atoms with Crippen LogP contribution in [0.15, 0.2) is 24.3 Å². The van der Waals surface area contributed by atoms with Crippen LogP contribution in [0.1, 0.15) is 31.9 Å². The number of rotatable bonds is 2. The summed E-state index contributed by atoms with van der Waals surface area (Å²) in [6.07, 6.45) is -4.48. The summed E-state index contributed by atoms with van der Waals surface area (Å²) in [7, 11) is 0. The standard InChI is InChI=1S/C16H16F3N3/c1-15(2,3)9-21-14-11(8-20)7-10-5-4-6-12(13(10)22-14)16(17,18)19/h4-7H,9H2,1-3H3,(H,21,22). The molecule has 6 heteroatoms. The summed E-state index contributed by atoms with van der Waals surface area (Å²) >= 11 is 0. The highest BCUT2D eigenvalue weighted by molar-refractivity contribution is 5.86. The molecule has 0 spiro atoms. The number of nitrogens with zero attached hydrogens (tertiary/aromatic N) is 2. The van der Waals surface area contributed by atoms with E-state index in [9.17, 15) is 18.4 Å². The molecule has 0 radical (unpaired) electrons. The van der Waals surface area contributed by atoms with Gasteiger partial charge in [0.1, 0.15) is 11.9 Å². The average Bonchev–Trinajstić information content (AvgIpc) is 2.41. The first-order chi connectivity index (χ1) is 10.1. The van der Waals surface area contributed by atoms with Crippen molar-refractivity contribution in [2.75, 3.05) is 11.9 Å². The molecule has 0 aliphatic rings. The molecular weight excluding hydrogens is 291 g/mol. The Morgan fingerprint density at radius 2 is 1.91 bits per heavy atom. The summed E-state index contributed by atoms with van der Waals surface area (Å²) in [6, 6.07) is 7.24. The maximum Gasteiger partial charge on any atom is 0.418 e. The molecule has 1 N–H and O–H groups in total. The van der Waals surface area contributed by atoms with Gasteiger partial charge in [-0.3, -0.25) is 0 Å². The number of nitrogens with one attached hydrogen (secondary N) is 1. The van der Waals surface area contributed by atoms with Gasteiger partial charge in [0, 0.05) is 11.9 Å². The quantitative estimate of drug-likeness (QED) is 0.883.